The maximum absolute atomic E-state index is 10.8. The van der Waals surface area contributed by atoms with Gasteiger partial charge in [-0.15, -0.1) is 5.10 Å². The minimum atomic E-state index is -1.14. The number of rotatable bonds is 3. The van der Waals surface area contributed by atoms with Crippen LogP contribution in [0.15, 0.2) is 36.9 Å². The van der Waals surface area contributed by atoms with Crippen molar-refractivity contribution in [2.75, 3.05) is 0 Å². The molecule has 2 heterocycles. The summed E-state index contributed by atoms with van der Waals surface area (Å²) in [5.74, 6) is -1.35. The van der Waals surface area contributed by atoms with Gasteiger partial charge in [0.2, 0.25) is 0 Å². The van der Waals surface area contributed by atoms with E-state index in [2.05, 4.69) is 16.7 Å². The number of carboxylic acids is 1. The van der Waals surface area contributed by atoms with Crippen LogP contribution in [0.1, 0.15) is 23.2 Å². The summed E-state index contributed by atoms with van der Waals surface area (Å²) in [6, 6.07) is 5.35. The van der Waals surface area contributed by atoms with Crippen LogP contribution in [0.2, 0.25) is 0 Å². The van der Waals surface area contributed by atoms with Crippen LogP contribution in [0.25, 0.3) is 11.2 Å². The quantitative estimate of drug-likeness (QED) is 0.817. The van der Waals surface area contributed by atoms with Gasteiger partial charge in [0.15, 0.2) is 5.65 Å². The first kappa shape index (κ1) is 11.1. The number of aromatic carboxylic acids is 1. The Labute approximate surface area is 97.7 Å². The monoisotopic (exact) mass is 229 g/mol. The number of carboxylic acid groups (broad SMARTS) is 1. The molecule has 2 aromatic heterocycles. The molecular weight excluding hydrogens is 218 g/mol. The Hall–Kier alpha value is -2.43. The average molecular weight is 229 g/mol. The molecule has 86 valence electrons. The molecule has 0 aliphatic heterocycles. The first-order valence-corrected chi connectivity index (χ1v) is 5.05. The van der Waals surface area contributed by atoms with E-state index in [-0.39, 0.29) is 5.82 Å². The zero-order chi connectivity index (χ0) is 12.4. The number of fused-ring (bicyclic) bond motifs is 1. The van der Waals surface area contributed by atoms with Crippen LogP contribution in [0.3, 0.4) is 0 Å². The van der Waals surface area contributed by atoms with Crippen molar-refractivity contribution < 1.29 is 9.90 Å². The molecule has 0 amide bonds. The van der Waals surface area contributed by atoms with E-state index in [1.807, 2.05) is 19.1 Å². The average Bonchev–Trinajstić information content (AvgIpc) is 2.75. The predicted molar refractivity (Wildman–Crippen MR) is 63.8 cm³/mol. The first-order chi connectivity index (χ1) is 8.17. The van der Waals surface area contributed by atoms with Crippen molar-refractivity contribution in [3.05, 3.63) is 48.4 Å². The Morgan fingerprint density at radius 3 is 2.88 bits per heavy atom. The highest BCUT2D eigenvalue weighted by atomic mass is 16.4. The fourth-order valence-corrected chi connectivity index (χ4v) is 1.58. The Kier molecular flexibility index (Phi) is 2.74. The second-order valence-corrected chi connectivity index (χ2v) is 3.37. The third-order valence-electron chi connectivity index (χ3n) is 2.38. The van der Waals surface area contributed by atoms with E-state index in [1.54, 1.807) is 18.2 Å². The van der Waals surface area contributed by atoms with E-state index in [4.69, 9.17) is 5.11 Å². The van der Waals surface area contributed by atoms with Crippen LogP contribution in [-0.4, -0.2) is 25.7 Å². The molecule has 0 saturated heterocycles. The van der Waals surface area contributed by atoms with Crippen molar-refractivity contribution in [1.29, 1.82) is 0 Å². The van der Waals surface area contributed by atoms with Crippen molar-refractivity contribution in [2.24, 2.45) is 0 Å². The smallest absolute Gasteiger partial charge is 0.375 e. The number of allylic oxidation sites excluding steroid dienone is 3. The lowest BCUT2D eigenvalue weighted by Gasteiger charge is -2.03. The van der Waals surface area contributed by atoms with E-state index >= 15 is 0 Å². The summed E-state index contributed by atoms with van der Waals surface area (Å²) in [5.41, 5.74) is 2.14. The number of aromatic nitrogens is 3. The van der Waals surface area contributed by atoms with E-state index < -0.39 is 5.97 Å². The van der Waals surface area contributed by atoms with Gasteiger partial charge in [-0.3, -0.25) is 0 Å². The third-order valence-corrected chi connectivity index (χ3v) is 2.38. The van der Waals surface area contributed by atoms with Crippen molar-refractivity contribution in [3.8, 4) is 0 Å². The fourth-order valence-electron chi connectivity index (χ4n) is 1.58. The lowest BCUT2D eigenvalue weighted by atomic mass is 10.1. The Bertz CT molecular complexity index is 626. The van der Waals surface area contributed by atoms with Gasteiger partial charge in [-0.25, -0.2) is 14.3 Å². The van der Waals surface area contributed by atoms with Crippen LogP contribution >= 0.6 is 0 Å². The molecule has 1 N–H and O–H groups in total. The lowest BCUT2D eigenvalue weighted by molar-refractivity contribution is 0.0684. The van der Waals surface area contributed by atoms with Gasteiger partial charge >= 0.3 is 5.97 Å². The Morgan fingerprint density at radius 1 is 1.53 bits per heavy atom. The van der Waals surface area contributed by atoms with Gasteiger partial charge in [0.25, 0.3) is 5.82 Å². The summed E-state index contributed by atoms with van der Waals surface area (Å²) in [5, 5.41) is 12.8. The highest BCUT2D eigenvalue weighted by Crippen LogP contribution is 2.16. The minimum absolute atomic E-state index is 0.211. The standard InChI is InChI=1S/C12H11N3O2/c1-3-8(4-2)9-6-5-7-10-13-11(12(16)17)14-15(9)10/h3-7H,1H2,2H3,(H,16,17)/b8-4+. The topological polar surface area (TPSA) is 67.5 Å². The molecule has 2 rings (SSSR count). The van der Waals surface area contributed by atoms with Gasteiger partial charge in [-0.1, -0.05) is 24.8 Å². The van der Waals surface area contributed by atoms with Gasteiger partial charge in [0, 0.05) is 0 Å². The van der Waals surface area contributed by atoms with Crippen LogP contribution in [0.4, 0.5) is 0 Å². The van der Waals surface area contributed by atoms with E-state index in [9.17, 15) is 4.79 Å². The maximum atomic E-state index is 10.8. The van der Waals surface area contributed by atoms with E-state index in [0.29, 0.717) is 5.65 Å². The number of pyridine rings is 1. The van der Waals surface area contributed by atoms with Gasteiger partial charge in [0.05, 0.1) is 5.69 Å². The van der Waals surface area contributed by atoms with Crippen LogP contribution < -0.4 is 0 Å². The molecule has 0 fully saturated rings. The fraction of sp³-hybridized carbons (Fsp3) is 0.0833. The Balaban J connectivity index is 2.73. The summed E-state index contributed by atoms with van der Waals surface area (Å²) >= 11 is 0. The number of nitrogens with zero attached hydrogens (tertiary/aromatic N) is 3. The molecule has 0 aliphatic rings. The predicted octanol–water partition coefficient (Wildman–Crippen LogP) is 2.02. The molecule has 0 spiro atoms. The molecule has 0 aliphatic carbocycles. The van der Waals surface area contributed by atoms with Crippen molar-refractivity contribution in [1.82, 2.24) is 14.6 Å². The molecule has 5 nitrogen and oxygen atoms in total. The van der Waals surface area contributed by atoms with Gasteiger partial charge in [-0.05, 0) is 24.6 Å². The van der Waals surface area contributed by atoms with Gasteiger partial charge in [0.1, 0.15) is 0 Å². The summed E-state index contributed by atoms with van der Waals surface area (Å²) in [6.45, 7) is 5.59. The number of hydrogen-bond acceptors (Lipinski definition) is 3. The van der Waals surface area contributed by atoms with Gasteiger partial charge < -0.3 is 5.11 Å². The first-order valence-electron chi connectivity index (χ1n) is 5.05. The molecule has 0 radical (unpaired) electrons. The molecular formula is C12H11N3O2. The molecule has 2 aromatic rings. The number of carbonyl (C=O) groups is 1. The molecule has 0 atom stereocenters. The second-order valence-electron chi connectivity index (χ2n) is 3.37. The lowest BCUT2D eigenvalue weighted by Crippen LogP contribution is -2.01. The van der Waals surface area contributed by atoms with Crippen LogP contribution in [0.5, 0.6) is 0 Å². The molecule has 0 bridgehead atoms. The molecule has 0 aromatic carbocycles. The normalized spacial score (nSPS) is 11.7. The van der Waals surface area contributed by atoms with E-state index in [0.717, 1.165) is 11.3 Å². The van der Waals surface area contributed by atoms with Crippen molar-refractivity contribution >= 4 is 17.2 Å². The zero-order valence-electron chi connectivity index (χ0n) is 9.29. The van der Waals surface area contributed by atoms with Crippen molar-refractivity contribution in [3.63, 3.8) is 0 Å². The summed E-state index contributed by atoms with van der Waals surface area (Å²) in [7, 11) is 0. The Morgan fingerprint density at radius 2 is 2.29 bits per heavy atom. The summed E-state index contributed by atoms with van der Waals surface area (Å²) < 4.78 is 1.50. The van der Waals surface area contributed by atoms with E-state index in [1.165, 1.54) is 4.52 Å². The minimum Gasteiger partial charge on any atom is -0.475 e. The zero-order valence-corrected chi connectivity index (χ0v) is 9.29. The number of hydrogen-bond donors (Lipinski definition) is 1. The molecule has 0 unspecified atom stereocenters. The van der Waals surface area contributed by atoms with Crippen molar-refractivity contribution in [2.45, 2.75) is 6.92 Å². The largest absolute Gasteiger partial charge is 0.475 e. The highest BCUT2D eigenvalue weighted by Gasteiger charge is 2.13. The second kappa shape index (κ2) is 4.21. The highest BCUT2D eigenvalue weighted by molar-refractivity contribution is 5.84. The molecule has 0 saturated carbocycles. The molecule has 5 heteroatoms. The van der Waals surface area contributed by atoms with Crippen LogP contribution in [0, 0.1) is 0 Å². The summed E-state index contributed by atoms with van der Waals surface area (Å²) in [4.78, 5) is 14.7. The summed E-state index contributed by atoms with van der Waals surface area (Å²) in [6.07, 6.45) is 3.57. The van der Waals surface area contributed by atoms with Gasteiger partial charge in [-0.2, -0.15) is 0 Å². The van der Waals surface area contributed by atoms with Crippen LogP contribution in [-0.2, 0) is 0 Å². The SMILES string of the molecule is C=C/C(=C\C)c1cccc2nc(C(=O)O)nn12. The molecule has 17 heavy (non-hydrogen) atoms. The third kappa shape index (κ3) is 1.82. The maximum Gasteiger partial charge on any atom is 0.375 e.